The van der Waals surface area contributed by atoms with E-state index in [9.17, 15) is 4.79 Å². The van der Waals surface area contributed by atoms with Crippen molar-refractivity contribution in [3.05, 3.63) is 0 Å². The van der Waals surface area contributed by atoms with Gasteiger partial charge in [0.25, 0.3) is 0 Å². The van der Waals surface area contributed by atoms with Crippen molar-refractivity contribution >= 4 is 5.97 Å². The van der Waals surface area contributed by atoms with Crippen molar-refractivity contribution in [2.75, 3.05) is 19.8 Å². The van der Waals surface area contributed by atoms with E-state index in [4.69, 9.17) is 15.6 Å². The highest BCUT2D eigenvalue weighted by molar-refractivity contribution is 5.66. The first kappa shape index (κ1) is 15.4. The van der Waals surface area contributed by atoms with Crippen molar-refractivity contribution in [1.82, 2.24) is 0 Å². The van der Waals surface area contributed by atoms with Crippen molar-refractivity contribution in [3.8, 4) is 0 Å². The molecule has 0 radical (unpaired) electrons. The molecule has 0 aromatic heterocycles. The topological polar surface area (TPSA) is 72.5 Å². The van der Waals surface area contributed by atoms with Gasteiger partial charge in [-0.25, -0.2) is 0 Å². The molecule has 0 heterocycles. The minimum atomic E-state index is -0.754. The molecule has 0 saturated carbocycles. The highest BCUT2D eigenvalue weighted by Gasteiger charge is 2.22. The number of carbonyl (C=O) groups is 1. The predicted molar refractivity (Wildman–Crippen MR) is 64.3 cm³/mol. The predicted octanol–water partition coefficient (Wildman–Crippen LogP) is 1.88. The molecular weight excluding hydrogens is 206 g/mol. The van der Waals surface area contributed by atoms with E-state index in [0.717, 1.165) is 0 Å². The summed E-state index contributed by atoms with van der Waals surface area (Å²) in [5.74, 6) is -0.754. The second kappa shape index (κ2) is 6.21. The number of rotatable bonds is 8. The SMILES string of the molecule is CC(C)(CN)COCC(C)(C)CCC(=O)O. The molecule has 0 spiro atoms. The second-order valence-electron chi connectivity index (χ2n) is 5.92. The van der Waals surface area contributed by atoms with Crippen molar-refractivity contribution in [3.63, 3.8) is 0 Å². The van der Waals surface area contributed by atoms with Gasteiger partial charge in [-0.1, -0.05) is 27.7 Å². The van der Waals surface area contributed by atoms with Crippen LogP contribution in [0.15, 0.2) is 0 Å². The summed E-state index contributed by atoms with van der Waals surface area (Å²) in [6.45, 7) is 9.91. The van der Waals surface area contributed by atoms with E-state index in [1.807, 2.05) is 13.8 Å². The monoisotopic (exact) mass is 231 g/mol. The molecule has 0 amide bonds. The number of hydrogen-bond donors (Lipinski definition) is 2. The Labute approximate surface area is 98.2 Å². The fourth-order valence-corrected chi connectivity index (χ4v) is 1.18. The first-order chi connectivity index (χ1) is 7.18. The van der Waals surface area contributed by atoms with Crippen LogP contribution in [0.4, 0.5) is 0 Å². The van der Waals surface area contributed by atoms with Crippen LogP contribution in [0.3, 0.4) is 0 Å². The molecule has 4 nitrogen and oxygen atoms in total. The third-order valence-corrected chi connectivity index (χ3v) is 2.55. The van der Waals surface area contributed by atoms with Crippen LogP contribution in [0.2, 0.25) is 0 Å². The molecule has 16 heavy (non-hydrogen) atoms. The molecule has 3 N–H and O–H groups in total. The van der Waals surface area contributed by atoms with Gasteiger partial charge in [0.1, 0.15) is 0 Å². The van der Waals surface area contributed by atoms with E-state index in [1.54, 1.807) is 0 Å². The Hall–Kier alpha value is -0.610. The zero-order valence-electron chi connectivity index (χ0n) is 10.9. The highest BCUT2D eigenvalue weighted by Crippen LogP contribution is 2.24. The molecule has 96 valence electrons. The molecule has 0 bridgehead atoms. The molecule has 0 atom stereocenters. The summed E-state index contributed by atoms with van der Waals surface area (Å²) in [5, 5.41) is 8.61. The minimum Gasteiger partial charge on any atom is -0.481 e. The fraction of sp³-hybridized carbons (Fsp3) is 0.917. The summed E-state index contributed by atoms with van der Waals surface area (Å²) < 4.78 is 5.61. The van der Waals surface area contributed by atoms with Crippen LogP contribution in [0.5, 0.6) is 0 Å². The largest absolute Gasteiger partial charge is 0.481 e. The molecule has 0 aromatic carbocycles. The molecule has 0 aliphatic heterocycles. The fourth-order valence-electron chi connectivity index (χ4n) is 1.18. The average Bonchev–Trinajstić information content (AvgIpc) is 2.14. The summed E-state index contributed by atoms with van der Waals surface area (Å²) in [6.07, 6.45) is 0.821. The Morgan fingerprint density at radius 1 is 1.19 bits per heavy atom. The van der Waals surface area contributed by atoms with Gasteiger partial charge in [-0.3, -0.25) is 4.79 Å². The van der Waals surface area contributed by atoms with Crippen molar-refractivity contribution < 1.29 is 14.6 Å². The highest BCUT2D eigenvalue weighted by atomic mass is 16.5. The van der Waals surface area contributed by atoms with Gasteiger partial charge in [-0.05, 0) is 18.4 Å². The maximum Gasteiger partial charge on any atom is 0.303 e. The van der Waals surface area contributed by atoms with Gasteiger partial charge in [0.05, 0.1) is 13.2 Å². The number of hydrogen-bond acceptors (Lipinski definition) is 3. The summed E-state index contributed by atoms with van der Waals surface area (Å²) >= 11 is 0. The van der Waals surface area contributed by atoms with Gasteiger partial charge in [0.15, 0.2) is 0 Å². The number of ether oxygens (including phenoxy) is 1. The molecule has 0 aliphatic carbocycles. The van der Waals surface area contributed by atoms with Gasteiger partial charge >= 0.3 is 5.97 Å². The van der Waals surface area contributed by atoms with Crippen LogP contribution in [0.25, 0.3) is 0 Å². The number of nitrogens with two attached hydrogens (primary N) is 1. The second-order valence-corrected chi connectivity index (χ2v) is 5.92. The molecular formula is C12H25NO3. The molecule has 4 heteroatoms. The lowest BCUT2D eigenvalue weighted by molar-refractivity contribution is -0.137. The molecule has 0 aromatic rings. The number of carboxylic acids is 1. The standard InChI is InChI=1S/C12H25NO3/c1-11(2,6-5-10(14)15)8-16-9-12(3,4)7-13/h5-9,13H2,1-4H3,(H,14,15). The molecule has 0 saturated heterocycles. The minimum absolute atomic E-state index is 0.0110. The van der Waals surface area contributed by atoms with Crippen LogP contribution in [0.1, 0.15) is 40.5 Å². The maximum absolute atomic E-state index is 10.5. The smallest absolute Gasteiger partial charge is 0.303 e. The van der Waals surface area contributed by atoms with Gasteiger partial charge in [0.2, 0.25) is 0 Å². The summed E-state index contributed by atoms with van der Waals surface area (Å²) in [5.41, 5.74) is 5.49. The van der Waals surface area contributed by atoms with E-state index in [2.05, 4.69) is 13.8 Å². The van der Waals surface area contributed by atoms with E-state index in [-0.39, 0.29) is 17.3 Å². The molecule has 0 unspecified atom stereocenters. The average molecular weight is 231 g/mol. The molecule has 0 rings (SSSR count). The van der Waals surface area contributed by atoms with Crippen LogP contribution >= 0.6 is 0 Å². The number of aliphatic carboxylic acids is 1. The van der Waals surface area contributed by atoms with E-state index >= 15 is 0 Å². The Morgan fingerprint density at radius 3 is 2.12 bits per heavy atom. The zero-order chi connectivity index (χ0) is 12.8. The van der Waals surface area contributed by atoms with Gasteiger partial charge in [0, 0.05) is 11.8 Å². The lowest BCUT2D eigenvalue weighted by Crippen LogP contribution is -2.31. The lowest BCUT2D eigenvalue weighted by Gasteiger charge is -2.27. The van der Waals surface area contributed by atoms with E-state index in [0.29, 0.717) is 26.2 Å². The van der Waals surface area contributed by atoms with Crippen LogP contribution < -0.4 is 5.73 Å². The Balaban J connectivity index is 3.86. The van der Waals surface area contributed by atoms with Crippen molar-refractivity contribution in [1.29, 1.82) is 0 Å². The quantitative estimate of drug-likeness (QED) is 0.669. The van der Waals surface area contributed by atoms with Crippen LogP contribution in [-0.2, 0) is 9.53 Å². The summed E-state index contributed by atoms with van der Waals surface area (Å²) in [6, 6.07) is 0. The first-order valence-corrected chi connectivity index (χ1v) is 5.68. The van der Waals surface area contributed by atoms with Gasteiger partial charge in [-0.2, -0.15) is 0 Å². The first-order valence-electron chi connectivity index (χ1n) is 5.68. The normalized spacial score (nSPS) is 12.8. The third-order valence-electron chi connectivity index (χ3n) is 2.55. The van der Waals surface area contributed by atoms with Gasteiger partial charge < -0.3 is 15.6 Å². The summed E-state index contributed by atoms with van der Waals surface area (Å²) in [4.78, 5) is 10.5. The Morgan fingerprint density at radius 2 is 1.69 bits per heavy atom. The molecule has 0 aliphatic rings. The van der Waals surface area contributed by atoms with Crippen LogP contribution in [-0.4, -0.2) is 30.8 Å². The van der Waals surface area contributed by atoms with Crippen molar-refractivity contribution in [2.24, 2.45) is 16.6 Å². The van der Waals surface area contributed by atoms with E-state index in [1.165, 1.54) is 0 Å². The Bertz CT molecular complexity index is 224. The Kier molecular flexibility index (Phi) is 5.97. The lowest BCUT2D eigenvalue weighted by atomic mass is 9.88. The number of carboxylic acid groups (broad SMARTS) is 1. The van der Waals surface area contributed by atoms with Crippen molar-refractivity contribution in [2.45, 2.75) is 40.5 Å². The molecule has 0 fully saturated rings. The maximum atomic E-state index is 10.5. The van der Waals surface area contributed by atoms with E-state index < -0.39 is 5.97 Å². The summed E-state index contributed by atoms with van der Waals surface area (Å²) in [7, 11) is 0. The third kappa shape index (κ3) is 7.65. The zero-order valence-corrected chi connectivity index (χ0v) is 10.9. The van der Waals surface area contributed by atoms with Crippen LogP contribution in [0, 0.1) is 10.8 Å². The van der Waals surface area contributed by atoms with Gasteiger partial charge in [-0.15, -0.1) is 0 Å².